The van der Waals surface area contributed by atoms with Crippen LogP contribution in [0.1, 0.15) is 19.9 Å². The first-order valence-corrected chi connectivity index (χ1v) is 8.26. The maximum absolute atomic E-state index is 12.5. The molecule has 2 aromatic heterocycles. The average molecular weight is 366 g/mol. The second-order valence-electron chi connectivity index (χ2n) is 5.90. The number of hydrogen-bond acceptors (Lipinski definition) is 5. The van der Waals surface area contributed by atoms with E-state index in [1.807, 2.05) is 0 Å². The van der Waals surface area contributed by atoms with Crippen molar-refractivity contribution in [1.82, 2.24) is 9.78 Å². The summed E-state index contributed by atoms with van der Waals surface area (Å²) >= 11 is 0. The largest absolute Gasteiger partial charge is 0.463 e. The third-order valence-electron chi connectivity index (χ3n) is 3.82. The molecule has 0 aliphatic carbocycles. The number of carbonyl (C=O) groups excluding carboxylic acids is 2. The molecule has 1 aromatic carbocycles. The number of anilines is 2. The quantitative estimate of drug-likeness (QED) is 0.722. The van der Waals surface area contributed by atoms with Crippen LogP contribution in [0.4, 0.5) is 11.4 Å². The van der Waals surface area contributed by atoms with Crippen LogP contribution in [-0.2, 0) is 9.59 Å². The normalized spacial score (nSPS) is 11.6. The van der Waals surface area contributed by atoms with Gasteiger partial charge >= 0.3 is 0 Å². The third kappa shape index (κ3) is 4.30. The highest BCUT2D eigenvalue weighted by Gasteiger charge is 2.18. The van der Waals surface area contributed by atoms with E-state index in [-0.39, 0.29) is 5.91 Å². The van der Waals surface area contributed by atoms with E-state index >= 15 is 0 Å². The lowest BCUT2D eigenvalue weighted by Gasteiger charge is -2.15. The molecule has 0 spiro atoms. The Labute approximate surface area is 154 Å². The van der Waals surface area contributed by atoms with Crippen molar-refractivity contribution < 1.29 is 14.0 Å². The van der Waals surface area contributed by atoms with E-state index < -0.39 is 17.5 Å². The van der Waals surface area contributed by atoms with Crippen molar-refractivity contribution in [1.29, 1.82) is 0 Å². The minimum Gasteiger partial charge on any atom is -0.463 e. The van der Waals surface area contributed by atoms with Gasteiger partial charge in [-0.3, -0.25) is 14.4 Å². The van der Waals surface area contributed by atoms with E-state index in [1.54, 1.807) is 49.4 Å². The molecule has 3 rings (SSSR count). The molecule has 0 saturated carbocycles. The lowest BCUT2D eigenvalue weighted by Crippen LogP contribution is -2.33. The van der Waals surface area contributed by atoms with E-state index in [4.69, 9.17) is 4.42 Å². The summed E-state index contributed by atoms with van der Waals surface area (Å²) in [5.74, 6) is -0.0688. The van der Waals surface area contributed by atoms with Gasteiger partial charge in [-0.05, 0) is 49.4 Å². The Morgan fingerprint density at radius 1 is 1.04 bits per heavy atom. The smallest absolute Gasteiger partial charge is 0.267 e. The molecule has 8 heteroatoms. The Bertz CT molecular complexity index is 1010. The van der Waals surface area contributed by atoms with Gasteiger partial charge < -0.3 is 15.1 Å². The van der Waals surface area contributed by atoms with Crippen molar-refractivity contribution in [2.75, 3.05) is 10.6 Å². The van der Waals surface area contributed by atoms with Gasteiger partial charge in [0.15, 0.2) is 5.76 Å². The number of nitrogens with one attached hydrogen (secondary N) is 2. The van der Waals surface area contributed by atoms with Gasteiger partial charge in [-0.1, -0.05) is 0 Å². The molecule has 0 aliphatic heterocycles. The second kappa shape index (κ2) is 7.69. The molecule has 0 saturated heterocycles. The molecule has 2 heterocycles. The van der Waals surface area contributed by atoms with Gasteiger partial charge in [0.1, 0.15) is 11.7 Å². The molecule has 2 amide bonds. The maximum Gasteiger partial charge on any atom is 0.267 e. The Balaban J connectivity index is 1.76. The monoisotopic (exact) mass is 366 g/mol. The van der Waals surface area contributed by atoms with Crippen LogP contribution in [0.5, 0.6) is 0 Å². The first-order chi connectivity index (χ1) is 12.9. The molecule has 138 valence electrons. The van der Waals surface area contributed by atoms with E-state index in [0.29, 0.717) is 22.8 Å². The summed E-state index contributed by atoms with van der Waals surface area (Å²) < 4.78 is 6.39. The van der Waals surface area contributed by atoms with Crippen LogP contribution in [0, 0.1) is 0 Å². The van der Waals surface area contributed by atoms with E-state index in [0.717, 1.165) is 4.68 Å². The number of nitrogens with zero attached hydrogens (tertiary/aromatic N) is 2. The van der Waals surface area contributed by atoms with Crippen LogP contribution < -0.4 is 16.2 Å². The maximum atomic E-state index is 12.5. The van der Waals surface area contributed by atoms with Crippen LogP contribution >= 0.6 is 0 Å². The summed E-state index contributed by atoms with van der Waals surface area (Å²) in [5, 5.41) is 9.60. The molecule has 2 N–H and O–H groups in total. The molecule has 0 radical (unpaired) electrons. The number of aromatic nitrogens is 2. The highest BCUT2D eigenvalue weighted by molar-refractivity contribution is 5.94. The van der Waals surface area contributed by atoms with Crippen molar-refractivity contribution in [3.05, 3.63) is 65.1 Å². The highest BCUT2D eigenvalue weighted by Crippen LogP contribution is 2.18. The van der Waals surface area contributed by atoms with Crippen LogP contribution in [0.15, 0.2) is 64.0 Å². The SMILES string of the molecule is CC(=O)Nc1ccc(NC(=O)C(C)n2nc(-c3ccco3)ccc2=O)cc1. The number of carbonyl (C=O) groups is 2. The molecule has 0 fully saturated rings. The number of hydrogen-bond donors (Lipinski definition) is 2. The van der Waals surface area contributed by atoms with Gasteiger partial charge in [-0.2, -0.15) is 5.10 Å². The number of rotatable bonds is 5. The first-order valence-electron chi connectivity index (χ1n) is 8.26. The van der Waals surface area contributed by atoms with E-state index in [1.165, 1.54) is 19.3 Å². The number of amides is 2. The Hall–Kier alpha value is -3.68. The molecular weight excluding hydrogens is 348 g/mol. The predicted molar refractivity (Wildman–Crippen MR) is 100 cm³/mol. The summed E-state index contributed by atoms with van der Waals surface area (Å²) in [7, 11) is 0. The average Bonchev–Trinajstić information content (AvgIpc) is 3.17. The molecule has 8 nitrogen and oxygen atoms in total. The molecule has 27 heavy (non-hydrogen) atoms. The zero-order valence-electron chi connectivity index (χ0n) is 14.8. The lowest BCUT2D eigenvalue weighted by atomic mass is 10.2. The van der Waals surface area contributed by atoms with Crippen LogP contribution in [0.2, 0.25) is 0 Å². The fourth-order valence-electron chi connectivity index (χ4n) is 2.46. The molecule has 1 unspecified atom stereocenters. The van der Waals surface area contributed by atoms with Gasteiger partial charge in [0.2, 0.25) is 11.8 Å². The van der Waals surface area contributed by atoms with Gasteiger partial charge in [0.05, 0.1) is 6.26 Å². The minimum absolute atomic E-state index is 0.178. The Kier molecular flexibility index (Phi) is 5.16. The standard InChI is InChI=1S/C19H18N4O4/c1-12(19(26)21-15-7-5-14(6-8-15)20-13(2)24)23-18(25)10-9-16(22-23)17-4-3-11-27-17/h3-12H,1-2H3,(H,20,24)(H,21,26). The zero-order valence-corrected chi connectivity index (χ0v) is 14.8. The van der Waals surface area contributed by atoms with Crippen LogP contribution in [0.3, 0.4) is 0 Å². The van der Waals surface area contributed by atoms with Crippen molar-refractivity contribution in [2.24, 2.45) is 0 Å². The lowest BCUT2D eigenvalue weighted by molar-refractivity contribution is -0.119. The van der Waals surface area contributed by atoms with Crippen molar-refractivity contribution in [3.63, 3.8) is 0 Å². The van der Waals surface area contributed by atoms with Crippen molar-refractivity contribution in [3.8, 4) is 11.5 Å². The molecule has 0 aliphatic rings. The summed E-state index contributed by atoms with van der Waals surface area (Å²) in [4.78, 5) is 35.7. The second-order valence-corrected chi connectivity index (χ2v) is 5.90. The van der Waals surface area contributed by atoms with Gasteiger partial charge in [-0.25, -0.2) is 4.68 Å². The Morgan fingerprint density at radius 3 is 2.30 bits per heavy atom. The molecule has 0 bridgehead atoms. The summed E-state index contributed by atoms with van der Waals surface area (Å²) in [6.45, 7) is 3.00. The van der Waals surface area contributed by atoms with Crippen molar-refractivity contribution >= 4 is 23.2 Å². The van der Waals surface area contributed by atoms with Crippen LogP contribution in [0.25, 0.3) is 11.5 Å². The van der Waals surface area contributed by atoms with Gasteiger partial charge in [0, 0.05) is 24.4 Å². The number of benzene rings is 1. The minimum atomic E-state index is -0.831. The zero-order chi connectivity index (χ0) is 19.4. The fourth-order valence-corrected chi connectivity index (χ4v) is 2.46. The summed E-state index contributed by atoms with van der Waals surface area (Å²) in [5.41, 5.74) is 1.22. The van der Waals surface area contributed by atoms with Gasteiger partial charge in [0.25, 0.3) is 5.56 Å². The fraction of sp³-hybridized carbons (Fsp3) is 0.158. The number of furan rings is 1. The van der Waals surface area contributed by atoms with Gasteiger partial charge in [-0.15, -0.1) is 0 Å². The topological polar surface area (TPSA) is 106 Å². The van der Waals surface area contributed by atoms with Crippen molar-refractivity contribution in [2.45, 2.75) is 19.9 Å². The van der Waals surface area contributed by atoms with E-state index in [9.17, 15) is 14.4 Å². The summed E-state index contributed by atoms with van der Waals surface area (Å²) in [6, 6.07) is 12.2. The molecule has 3 aromatic rings. The molecule has 1 atom stereocenters. The molecular formula is C19H18N4O4. The highest BCUT2D eigenvalue weighted by atomic mass is 16.3. The predicted octanol–water partition coefficient (Wildman–Crippen LogP) is 2.66. The van der Waals surface area contributed by atoms with E-state index in [2.05, 4.69) is 15.7 Å². The summed E-state index contributed by atoms with van der Waals surface area (Å²) in [6.07, 6.45) is 1.51. The first kappa shape index (κ1) is 18.1. The van der Waals surface area contributed by atoms with Crippen LogP contribution in [-0.4, -0.2) is 21.6 Å². The Morgan fingerprint density at radius 2 is 1.70 bits per heavy atom. The third-order valence-corrected chi connectivity index (χ3v) is 3.82.